The van der Waals surface area contributed by atoms with Crippen molar-refractivity contribution in [3.63, 3.8) is 0 Å². The number of aliphatic hydroxyl groups is 1. The first-order valence-corrected chi connectivity index (χ1v) is 6.60. The van der Waals surface area contributed by atoms with E-state index in [4.69, 9.17) is 14.6 Å². The lowest BCUT2D eigenvalue weighted by molar-refractivity contribution is -0.386. The predicted molar refractivity (Wildman–Crippen MR) is 72.7 cm³/mol. The molecule has 2 rings (SSSR count). The maximum atomic E-state index is 11.0. The fourth-order valence-corrected chi connectivity index (χ4v) is 2.30. The summed E-state index contributed by atoms with van der Waals surface area (Å²) in [6.07, 6.45) is 1.80. The van der Waals surface area contributed by atoms with Crippen molar-refractivity contribution < 1.29 is 19.5 Å². The fraction of sp³-hybridized carbons (Fsp3) is 0.571. The number of hydrogen-bond acceptors (Lipinski definition) is 5. The Kier molecular flexibility index (Phi) is 4.25. The Morgan fingerprint density at radius 3 is 2.85 bits per heavy atom. The van der Waals surface area contributed by atoms with Crippen LogP contribution in [0.5, 0.6) is 5.75 Å². The van der Waals surface area contributed by atoms with Gasteiger partial charge in [-0.05, 0) is 38.3 Å². The molecule has 1 unspecified atom stereocenters. The Balaban J connectivity index is 2.04. The summed E-state index contributed by atoms with van der Waals surface area (Å²) in [5, 5.41) is 20.0. The van der Waals surface area contributed by atoms with Gasteiger partial charge >= 0.3 is 5.69 Å². The molecule has 0 spiro atoms. The molecule has 0 amide bonds. The highest BCUT2D eigenvalue weighted by Gasteiger charge is 2.32. The van der Waals surface area contributed by atoms with E-state index in [9.17, 15) is 10.1 Å². The van der Waals surface area contributed by atoms with Crippen molar-refractivity contribution in [1.29, 1.82) is 0 Å². The second-order valence-electron chi connectivity index (χ2n) is 5.57. The third kappa shape index (κ3) is 3.46. The number of hydrogen-bond donors (Lipinski definition) is 1. The zero-order valence-electron chi connectivity index (χ0n) is 11.7. The standard InChI is InChI=1S/C14H19NO5/c1-14(2)6-5-11(20-14)9-19-13-4-3-10(8-16)7-12(13)15(17)18/h3-4,7,11,16H,5-6,8-9H2,1-2H3. The van der Waals surface area contributed by atoms with Crippen LogP contribution in [0.2, 0.25) is 0 Å². The minimum atomic E-state index is -0.506. The van der Waals surface area contributed by atoms with Crippen LogP contribution >= 0.6 is 0 Å². The molecule has 1 aliphatic heterocycles. The third-order valence-electron chi connectivity index (χ3n) is 3.38. The highest BCUT2D eigenvalue weighted by atomic mass is 16.6. The number of nitro groups is 1. The number of ether oxygens (including phenoxy) is 2. The lowest BCUT2D eigenvalue weighted by atomic mass is 10.1. The molecule has 6 nitrogen and oxygen atoms in total. The molecule has 1 aromatic rings. The van der Waals surface area contributed by atoms with Crippen molar-refractivity contribution in [2.24, 2.45) is 0 Å². The molecule has 1 saturated heterocycles. The first kappa shape index (κ1) is 14.7. The third-order valence-corrected chi connectivity index (χ3v) is 3.38. The van der Waals surface area contributed by atoms with Crippen LogP contribution in [0.4, 0.5) is 5.69 Å². The first-order chi connectivity index (χ1) is 9.41. The molecular weight excluding hydrogens is 262 g/mol. The molecule has 1 atom stereocenters. The van der Waals surface area contributed by atoms with Gasteiger partial charge in [-0.2, -0.15) is 0 Å². The van der Waals surface area contributed by atoms with Crippen LogP contribution in [-0.2, 0) is 11.3 Å². The van der Waals surface area contributed by atoms with Gasteiger partial charge in [-0.1, -0.05) is 6.07 Å². The van der Waals surface area contributed by atoms with Crippen molar-refractivity contribution in [3.05, 3.63) is 33.9 Å². The van der Waals surface area contributed by atoms with Gasteiger partial charge in [0.2, 0.25) is 0 Å². The van der Waals surface area contributed by atoms with Crippen LogP contribution in [0.25, 0.3) is 0 Å². The summed E-state index contributed by atoms with van der Waals surface area (Å²) in [6.45, 7) is 4.10. The number of nitrogens with zero attached hydrogens (tertiary/aromatic N) is 1. The highest BCUT2D eigenvalue weighted by molar-refractivity contribution is 5.48. The summed E-state index contributed by atoms with van der Waals surface area (Å²) in [6, 6.07) is 4.46. The molecule has 1 aromatic carbocycles. The number of rotatable bonds is 5. The van der Waals surface area contributed by atoms with Gasteiger partial charge < -0.3 is 14.6 Å². The van der Waals surface area contributed by atoms with E-state index >= 15 is 0 Å². The minimum absolute atomic E-state index is 0.0397. The zero-order valence-corrected chi connectivity index (χ0v) is 11.7. The van der Waals surface area contributed by atoms with Gasteiger partial charge in [0.1, 0.15) is 6.61 Å². The van der Waals surface area contributed by atoms with Gasteiger partial charge in [0, 0.05) is 6.07 Å². The van der Waals surface area contributed by atoms with E-state index < -0.39 is 4.92 Å². The number of nitro benzene ring substituents is 1. The molecule has 110 valence electrons. The summed E-state index contributed by atoms with van der Waals surface area (Å²) in [7, 11) is 0. The van der Waals surface area contributed by atoms with E-state index in [2.05, 4.69) is 0 Å². The van der Waals surface area contributed by atoms with E-state index in [1.165, 1.54) is 12.1 Å². The van der Waals surface area contributed by atoms with E-state index in [0.29, 0.717) is 12.2 Å². The van der Waals surface area contributed by atoms with Crippen molar-refractivity contribution in [2.75, 3.05) is 6.61 Å². The highest BCUT2D eigenvalue weighted by Crippen LogP contribution is 2.32. The molecule has 1 fully saturated rings. The average molecular weight is 281 g/mol. The quantitative estimate of drug-likeness (QED) is 0.662. The second kappa shape index (κ2) is 5.76. The molecule has 1 aliphatic rings. The molecule has 20 heavy (non-hydrogen) atoms. The molecule has 6 heteroatoms. The average Bonchev–Trinajstić information content (AvgIpc) is 2.75. The molecule has 0 saturated carbocycles. The topological polar surface area (TPSA) is 81.8 Å². The van der Waals surface area contributed by atoms with Crippen molar-refractivity contribution in [3.8, 4) is 5.75 Å². The van der Waals surface area contributed by atoms with E-state index in [-0.39, 0.29) is 29.7 Å². The van der Waals surface area contributed by atoms with Crippen LogP contribution in [0.15, 0.2) is 18.2 Å². The van der Waals surface area contributed by atoms with Gasteiger partial charge in [0.25, 0.3) is 0 Å². The SMILES string of the molecule is CC1(C)CCC(COc2ccc(CO)cc2[N+](=O)[O-])O1. The normalized spacial score (nSPS) is 20.9. The minimum Gasteiger partial charge on any atom is -0.484 e. The van der Waals surface area contributed by atoms with E-state index in [1.807, 2.05) is 13.8 Å². The van der Waals surface area contributed by atoms with Crippen molar-refractivity contribution >= 4 is 5.69 Å². The summed E-state index contributed by atoms with van der Waals surface area (Å²) >= 11 is 0. The zero-order chi connectivity index (χ0) is 14.8. The molecule has 0 bridgehead atoms. The van der Waals surface area contributed by atoms with Gasteiger partial charge in [0.15, 0.2) is 5.75 Å². The van der Waals surface area contributed by atoms with E-state index in [0.717, 1.165) is 12.8 Å². The molecular formula is C14H19NO5. The van der Waals surface area contributed by atoms with Crippen LogP contribution < -0.4 is 4.74 Å². The Morgan fingerprint density at radius 1 is 1.55 bits per heavy atom. The van der Waals surface area contributed by atoms with Crippen LogP contribution in [0.3, 0.4) is 0 Å². The fourth-order valence-electron chi connectivity index (χ4n) is 2.30. The Hall–Kier alpha value is -1.66. The van der Waals surface area contributed by atoms with Gasteiger partial charge in [-0.3, -0.25) is 10.1 Å². The summed E-state index contributed by atoms with van der Waals surface area (Å²) in [5.41, 5.74) is 0.205. The molecule has 0 aliphatic carbocycles. The monoisotopic (exact) mass is 281 g/mol. The Labute approximate surface area is 117 Å². The molecule has 1 N–H and O–H groups in total. The lowest BCUT2D eigenvalue weighted by Gasteiger charge is -2.19. The Bertz CT molecular complexity index is 500. The Morgan fingerprint density at radius 2 is 2.30 bits per heavy atom. The van der Waals surface area contributed by atoms with Crippen LogP contribution in [0, 0.1) is 10.1 Å². The predicted octanol–water partition coefficient (Wildman–Crippen LogP) is 2.42. The molecule has 0 aromatic heterocycles. The van der Waals surface area contributed by atoms with E-state index in [1.54, 1.807) is 6.07 Å². The van der Waals surface area contributed by atoms with Gasteiger partial charge in [0.05, 0.1) is 23.2 Å². The summed E-state index contributed by atoms with van der Waals surface area (Å²) in [5.74, 6) is 0.209. The maximum absolute atomic E-state index is 11.0. The number of aliphatic hydroxyl groups excluding tert-OH is 1. The largest absolute Gasteiger partial charge is 0.484 e. The molecule has 1 heterocycles. The number of benzene rings is 1. The van der Waals surface area contributed by atoms with Crippen LogP contribution in [-0.4, -0.2) is 28.3 Å². The summed E-state index contributed by atoms with van der Waals surface area (Å²) in [4.78, 5) is 10.5. The first-order valence-electron chi connectivity index (χ1n) is 6.60. The smallest absolute Gasteiger partial charge is 0.311 e. The summed E-state index contributed by atoms with van der Waals surface area (Å²) < 4.78 is 11.3. The van der Waals surface area contributed by atoms with Crippen molar-refractivity contribution in [1.82, 2.24) is 0 Å². The second-order valence-corrected chi connectivity index (χ2v) is 5.57. The van der Waals surface area contributed by atoms with Gasteiger partial charge in [-0.15, -0.1) is 0 Å². The molecule has 0 radical (unpaired) electrons. The maximum Gasteiger partial charge on any atom is 0.311 e. The van der Waals surface area contributed by atoms with Gasteiger partial charge in [-0.25, -0.2) is 0 Å². The van der Waals surface area contributed by atoms with Crippen molar-refractivity contribution in [2.45, 2.75) is 45.0 Å². The lowest BCUT2D eigenvalue weighted by Crippen LogP contribution is -2.24. The van der Waals surface area contributed by atoms with Crippen LogP contribution in [0.1, 0.15) is 32.3 Å².